The van der Waals surface area contributed by atoms with Crippen molar-refractivity contribution in [2.75, 3.05) is 5.75 Å². The monoisotopic (exact) mass is 117 g/mol. The lowest BCUT2D eigenvalue weighted by molar-refractivity contribution is 0.811. The molecule has 0 unspecified atom stereocenters. The summed E-state index contributed by atoms with van der Waals surface area (Å²) in [5.74, 6) is 4.21. The first-order valence-corrected chi connectivity index (χ1v) is 3.77. The van der Waals surface area contributed by atoms with Gasteiger partial charge in [0.1, 0.15) is 0 Å². The van der Waals surface area contributed by atoms with E-state index < -0.39 is 0 Å². The molecule has 0 N–H and O–H groups in total. The van der Waals surface area contributed by atoms with Crippen molar-refractivity contribution in [1.29, 1.82) is 0 Å². The molecule has 0 nitrogen and oxygen atoms in total. The summed E-state index contributed by atoms with van der Waals surface area (Å²) in [6, 6.07) is 0. The zero-order valence-corrected chi connectivity index (χ0v) is 6.09. The molecule has 0 aromatic rings. The first kappa shape index (κ1) is 7.35. The summed E-state index contributed by atoms with van der Waals surface area (Å²) in [4.78, 5) is 0. The Morgan fingerprint density at radius 3 is 2.29 bits per heavy atom. The molecule has 7 heavy (non-hydrogen) atoms. The standard InChI is InChI=1S/C6H13S/c1-4-7-5-6(2)3/h5-6H,4H2,1-3H3. The van der Waals surface area contributed by atoms with Crippen LogP contribution in [0, 0.1) is 11.7 Å². The summed E-state index contributed by atoms with van der Waals surface area (Å²) in [6.07, 6.45) is 0. The molecule has 1 heteroatoms. The van der Waals surface area contributed by atoms with Crippen molar-refractivity contribution in [3.63, 3.8) is 0 Å². The van der Waals surface area contributed by atoms with Crippen LogP contribution in [0.25, 0.3) is 0 Å². The van der Waals surface area contributed by atoms with Crippen LogP contribution >= 0.6 is 11.8 Å². The number of hydrogen-bond acceptors (Lipinski definition) is 1. The van der Waals surface area contributed by atoms with Crippen LogP contribution < -0.4 is 0 Å². The van der Waals surface area contributed by atoms with Gasteiger partial charge >= 0.3 is 0 Å². The Morgan fingerprint density at radius 1 is 1.57 bits per heavy atom. The molecule has 0 aliphatic heterocycles. The van der Waals surface area contributed by atoms with Crippen molar-refractivity contribution in [1.82, 2.24) is 0 Å². The van der Waals surface area contributed by atoms with Gasteiger partial charge in [-0.25, -0.2) is 0 Å². The number of thioether (sulfide) groups is 1. The van der Waals surface area contributed by atoms with Crippen LogP contribution in [-0.2, 0) is 0 Å². The largest absolute Gasteiger partial charge is 0.157 e. The number of rotatable bonds is 3. The minimum atomic E-state index is 0.741. The topological polar surface area (TPSA) is 0 Å². The third-order valence-corrected chi connectivity index (χ3v) is 1.61. The Hall–Kier alpha value is 0.350. The summed E-state index contributed by atoms with van der Waals surface area (Å²) in [5, 5.41) is 0. The summed E-state index contributed by atoms with van der Waals surface area (Å²) < 4.78 is 0. The maximum absolute atomic E-state index is 2.26. The molecule has 0 aromatic carbocycles. The molecule has 0 amide bonds. The smallest absolute Gasteiger partial charge is 0.0191 e. The molecular weight excluding hydrogens is 104 g/mol. The lowest BCUT2D eigenvalue weighted by Crippen LogP contribution is -1.82. The maximum atomic E-state index is 2.26. The zero-order chi connectivity index (χ0) is 5.70. The lowest BCUT2D eigenvalue weighted by atomic mass is 10.3. The molecule has 0 heterocycles. The van der Waals surface area contributed by atoms with Crippen molar-refractivity contribution in [3.05, 3.63) is 5.75 Å². The normalized spacial score (nSPS) is 10.3. The van der Waals surface area contributed by atoms with E-state index in [1.54, 1.807) is 0 Å². The Kier molecular flexibility index (Phi) is 4.73. The molecule has 0 spiro atoms. The Bertz CT molecular complexity index is 33.2. The molecule has 0 bridgehead atoms. The van der Waals surface area contributed by atoms with Crippen LogP contribution in [0.1, 0.15) is 20.8 Å². The Morgan fingerprint density at radius 2 is 2.14 bits per heavy atom. The van der Waals surface area contributed by atoms with E-state index in [9.17, 15) is 0 Å². The number of hydrogen-bond donors (Lipinski definition) is 0. The van der Waals surface area contributed by atoms with Crippen molar-refractivity contribution in [2.24, 2.45) is 5.92 Å². The molecule has 1 radical (unpaired) electrons. The third kappa shape index (κ3) is 6.35. The predicted octanol–water partition coefficient (Wildman–Crippen LogP) is 2.56. The van der Waals surface area contributed by atoms with Gasteiger partial charge in [0.05, 0.1) is 0 Å². The van der Waals surface area contributed by atoms with Crippen molar-refractivity contribution < 1.29 is 0 Å². The van der Waals surface area contributed by atoms with Gasteiger partial charge in [0.25, 0.3) is 0 Å². The highest BCUT2D eigenvalue weighted by Gasteiger charge is 1.89. The van der Waals surface area contributed by atoms with Crippen LogP contribution in [-0.4, -0.2) is 5.75 Å². The molecule has 0 saturated heterocycles. The maximum Gasteiger partial charge on any atom is 0.0191 e. The first-order chi connectivity index (χ1) is 3.27. The van der Waals surface area contributed by atoms with Gasteiger partial charge in [-0.3, -0.25) is 0 Å². The first-order valence-electron chi connectivity index (χ1n) is 2.72. The minimum absolute atomic E-state index is 0.741. The van der Waals surface area contributed by atoms with Crippen LogP contribution in [0.5, 0.6) is 0 Å². The molecule has 0 aromatic heterocycles. The molecule has 0 fully saturated rings. The molecule has 0 aliphatic carbocycles. The van der Waals surface area contributed by atoms with E-state index in [2.05, 4.69) is 26.5 Å². The van der Waals surface area contributed by atoms with Gasteiger partial charge in [-0.1, -0.05) is 20.8 Å². The second kappa shape index (κ2) is 4.51. The van der Waals surface area contributed by atoms with Gasteiger partial charge < -0.3 is 0 Å². The second-order valence-electron chi connectivity index (χ2n) is 1.84. The third-order valence-electron chi connectivity index (χ3n) is 0.535. The van der Waals surface area contributed by atoms with Crippen LogP contribution in [0.15, 0.2) is 0 Å². The van der Waals surface area contributed by atoms with Gasteiger partial charge in [0.2, 0.25) is 0 Å². The summed E-state index contributed by atoms with van der Waals surface area (Å²) in [5.41, 5.74) is 0. The highest BCUT2D eigenvalue weighted by atomic mass is 32.2. The molecular formula is C6H13S. The summed E-state index contributed by atoms with van der Waals surface area (Å²) in [6.45, 7) is 6.56. The van der Waals surface area contributed by atoms with Crippen molar-refractivity contribution >= 4 is 11.8 Å². The van der Waals surface area contributed by atoms with Gasteiger partial charge in [-0.15, -0.1) is 0 Å². The van der Waals surface area contributed by atoms with Gasteiger partial charge in [0.15, 0.2) is 0 Å². The zero-order valence-electron chi connectivity index (χ0n) is 5.27. The van der Waals surface area contributed by atoms with Gasteiger partial charge in [-0.2, -0.15) is 11.8 Å². The fourth-order valence-corrected chi connectivity index (χ4v) is 0.866. The Balaban J connectivity index is 2.68. The lowest BCUT2D eigenvalue weighted by Gasteiger charge is -1.98. The van der Waals surface area contributed by atoms with Crippen molar-refractivity contribution in [2.45, 2.75) is 20.8 Å². The minimum Gasteiger partial charge on any atom is -0.157 e. The second-order valence-corrected chi connectivity index (χ2v) is 3.02. The molecule has 0 saturated carbocycles. The fourth-order valence-electron chi connectivity index (χ4n) is 0.289. The SMILES string of the molecule is CCS[CH]C(C)C. The van der Waals surface area contributed by atoms with E-state index in [1.165, 1.54) is 5.75 Å². The average molecular weight is 117 g/mol. The van der Waals surface area contributed by atoms with Crippen molar-refractivity contribution in [3.8, 4) is 0 Å². The van der Waals surface area contributed by atoms with Crippen LogP contribution in [0.4, 0.5) is 0 Å². The molecule has 0 rings (SSSR count). The average Bonchev–Trinajstić information content (AvgIpc) is 1.61. The van der Waals surface area contributed by atoms with E-state index in [-0.39, 0.29) is 0 Å². The van der Waals surface area contributed by atoms with Gasteiger partial charge in [0, 0.05) is 5.75 Å². The molecule has 43 valence electrons. The van der Waals surface area contributed by atoms with Gasteiger partial charge in [-0.05, 0) is 11.7 Å². The molecule has 0 aliphatic rings. The summed E-state index contributed by atoms with van der Waals surface area (Å²) in [7, 11) is 0. The van der Waals surface area contributed by atoms with Crippen LogP contribution in [0.2, 0.25) is 0 Å². The predicted molar refractivity (Wildman–Crippen MR) is 37.3 cm³/mol. The highest BCUT2D eigenvalue weighted by molar-refractivity contribution is 8.01. The summed E-state index contributed by atoms with van der Waals surface area (Å²) >= 11 is 1.89. The fraction of sp³-hybridized carbons (Fsp3) is 0.833. The Labute approximate surface area is 50.7 Å². The van der Waals surface area contributed by atoms with E-state index in [4.69, 9.17) is 0 Å². The highest BCUT2D eigenvalue weighted by Crippen LogP contribution is 2.11. The van der Waals surface area contributed by atoms with E-state index in [1.807, 2.05) is 11.8 Å². The quantitative estimate of drug-likeness (QED) is 0.547. The van der Waals surface area contributed by atoms with E-state index >= 15 is 0 Å². The van der Waals surface area contributed by atoms with E-state index in [0.717, 1.165) is 5.92 Å². The van der Waals surface area contributed by atoms with E-state index in [0.29, 0.717) is 0 Å². The molecule has 0 atom stereocenters. The van der Waals surface area contributed by atoms with Crippen LogP contribution in [0.3, 0.4) is 0 Å².